The van der Waals surface area contributed by atoms with Crippen molar-refractivity contribution in [2.75, 3.05) is 18.5 Å². The van der Waals surface area contributed by atoms with Gasteiger partial charge in [-0.2, -0.15) is 0 Å². The van der Waals surface area contributed by atoms with Gasteiger partial charge in [0.1, 0.15) is 0 Å². The first-order chi connectivity index (χ1) is 8.00. The maximum atomic E-state index is 11.9. The molecule has 0 unspecified atom stereocenters. The molecule has 0 radical (unpaired) electrons. The van der Waals surface area contributed by atoms with Gasteiger partial charge in [0.15, 0.2) is 0 Å². The molecule has 3 amide bonds. The molecule has 1 aliphatic rings. The Labute approximate surface area is 109 Å². The fourth-order valence-electron chi connectivity index (χ4n) is 1.63. The van der Waals surface area contributed by atoms with Crippen molar-refractivity contribution < 1.29 is 9.59 Å². The van der Waals surface area contributed by atoms with E-state index in [0.29, 0.717) is 28.7 Å². The summed E-state index contributed by atoms with van der Waals surface area (Å²) in [7, 11) is 1.65. The van der Waals surface area contributed by atoms with E-state index in [9.17, 15) is 9.59 Å². The second kappa shape index (κ2) is 4.55. The number of urea groups is 1. The Morgan fingerprint density at radius 2 is 1.88 bits per heavy atom. The summed E-state index contributed by atoms with van der Waals surface area (Å²) in [4.78, 5) is 26.2. The highest BCUT2D eigenvalue weighted by Gasteiger charge is 2.31. The number of carbonyl (C=O) groups is 2. The number of hydrogen-bond donors (Lipinski definition) is 0. The molecular weight excluding hydrogens is 263 g/mol. The van der Waals surface area contributed by atoms with Gasteiger partial charge >= 0.3 is 6.03 Å². The van der Waals surface area contributed by atoms with Crippen LogP contribution in [0.4, 0.5) is 10.5 Å². The van der Waals surface area contributed by atoms with Crippen molar-refractivity contribution in [3.8, 4) is 0 Å². The topological polar surface area (TPSA) is 40.6 Å². The van der Waals surface area contributed by atoms with Gasteiger partial charge in [0.05, 0.1) is 15.7 Å². The lowest BCUT2D eigenvalue weighted by molar-refractivity contribution is -0.119. The molecule has 1 aliphatic heterocycles. The molecule has 0 aliphatic carbocycles. The minimum absolute atomic E-state index is 0.230. The Bertz CT molecular complexity index is 490. The van der Waals surface area contributed by atoms with Crippen molar-refractivity contribution in [2.45, 2.75) is 6.42 Å². The summed E-state index contributed by atoms with van der Waals surface area (Å²) >= 11 is 11.7. The van der Waals surface area contributed by atoms with Crippen molar-refractivity contribution in [3.63, 3.8) is 0 Å². The molecule has 17 heavy (non-hydrogen) atoms. The van der Waals surface area contributed by atoms with E-state index in [2.05, 4.69) is 0 Å². The second-order valence-corrected chi connectivity index (χ2v) is 4.60. The van der Waals surface area contributed by atoms with Crippen molar-refractivity contribution in [3.05, 3.63) is 28.2 Å². The van der Waals surface area contributed by atoms with Crippen LogP contribution in [-0.2, 0) is 4.79 Å². The van der Waals surface area contributed by atoms with Crippen LogP contribution in [0.1, 0.15) is 6.42 Å². The van der Waals surface area contributed by atoms with Crippen LogP contribution >= 0.6 is 23.2 Å². The van der Waals surface area contributed by atoms with E-state index < -0.39 is 0 Å². The summed E-state index contributed by atoms with van der Waals surface area (Å²) < 4.78 is 0. The molecule has 1 aromatic rings. The van der Waals surface area contributed by atoms with Crippen molar-refractivity contribution >= 4 is 40.8 Å². The van der Waals surface area contributed by atoms with Gasteiger partial charge in [0.2, 0.25) is 5.91 Å². The van der Waals surface area contributed by atoms with E-state index in [1.165, 1.54) is 11.0 Å². The Morgan fingerprint density at radius 1 is 1.18 bits per heavy atom. The van der Waals surface area contributed by atoms with Gasteiger partial charge in [0.25, 0.3) is 0 Å². The SMILES string of the molecule is CN1CCC(=O)N(c2ccc(Cl)c(Cl)c2)C1=O. The monoisotopic (exact) mass is 272 g/mol. The second-order valence-electron chi connectivity index (χ2n) is 3.78. The zero-order valence-corrected chi connectivity index (χ0v) is 10.6. The zero-order chi connectivity index (χ0) is 12.6. The highest BCUT2D eigenvalue weighted by Crippen LogP contribution is 2.29. The molecule has 0 bridgehead atoms. The predicted molar refractivity (Wildman–Crippen MR) is 66.6 cm³/mol. The van der Waals surface area contributed by atoms with Crippen LogP contribution in [0.25, 0.3) is 0 Å². The maximum Gasteiger partial charge on any atom is 0.331 e. The molecule has 2 rings (SSSR count). The number of halogens is 2. The normalized spacial score (nSPS) is 16.6. The summed E-state index contributed by atoms with van der Waals surface area (Å²) in [6, 6.07) is 4.33. The number of anilines is 1. The first-order valence-electron chi connectivity index (χ1n) is 5.04. The van der Waals surface area contributed by atoms with E-state index in [0.717, 1.165) is 4.90 Å². The Hall–Kier alpha value is -1.26. The Balaban J connectivity index is 2.39. The van der Waals surface area contributed by atoms with Gasteiger partial charge < -0.3 is 4.90 Å². The first-order valence-corrected chi connectivity index (χ1v) is 5.79. The smallest absolute Gasteiger partial charge is 0.327 e. The number of imide groups is 1. The van der Waals surface area contributed by atoms with Gasteiger partial charge in [-0.05, 0) is 18.2 Å². The van der Waals surface area contributed by atoms with E-state index in [1.54, 1.807) is 19.2 Å². The van der Waals surface area contributed by atoms with Crippen molar-refractivity contribution in [1.82, 2.24) is 4.90 Å². The van der Waals surface area contributed by atoms with Crippen LogP contribution in [-0.4, -0.2) is 30.4 Å². The fourth-order valence-corrected chi connectivity index (χ4v) is 1.92. The first kappa shape index (κ1) is 12.2. The van der Waals surface area contributed by atoms with Crippen LogP contribution in [0.2, 0.25) is 10.0 Å². The predicted octanol–water partition coefficient (Wildman–Crippen LogP) is 2.78. The molecule has 1 fully saturated rings. The lowest BCUT2D eigenvalue weighted by Gasteiger charge is -2.31. The van der Waals surface area contributed by atoms with Crippen LogP contribution < -0.4 is 4.90 Å². The number of benzene rings is 1. The maximum absolute atomic E-state index is 11.9. The van der Waals surface area contributed by atoms with Crippen molar-refractivity contribution in [2.24, 2.45) is 0 Å². The largest absolute Gasteiger partial charge is 0.331 e. The molecule has 1 heterocycles. The van der Waals surface area contributed by atoms with Gasteiger partial charge in [0, 0.05) is 20.0 Å². The number of amides is 3. The summed E-state index contributed by atoms with van der Waals surface area (Å²) in [5.74, 6) is -0.230. The van der Waals surface area contributed by atoms with E-state index in [1.807, 2.05) is 0 Å². The van der Waals surface area contributed by atoms with Gasteiger partial charge in [-0.1, -0.05) is 23.2 Å². The van der Waals surface area contributed by atoms with Gasteiger partial charge in [-0.3, -0.25) is 4.79 Å². The van der Waals surface area contributed by atoms with Gasteiger partial charge in [-0.25, -0.2) is 9.69 Å². The van der Waals surface area contributed by atoms with Crippen LogP contribution in [0, 0.1) is 0 Å². The molecule has 0 saturated carbocycles. The minimum atomic E-state index is -0.348. The molecule has 1 saturated heterocycles. The summed E-state index contributed by atoms with van der Waals surface area (Å²) in [5.41, 5.74) is 0.445. The van der Waals surface area contributed by atoms with Crippen LogP contribution in [0.15, 0.2) is 18.2 Å². The molecular formula is C11H10Cl2N2O2. The standard InChI is InChI=1S/C11H10Cl2N2O2/c1-14-5-4-10(16)15(11(14)17)7-2-3-8(12)9(13)6-7/h2-3,6H,4-5H2,1H3. The molecule has 0 aromatic heterocycles. The summed E-state index contributed by atoms with van der Waals surface area (Å²) in [6.45, 7) is 0.440. The van der Waals surface area contributed by atoms with Crippen molar-refractivity contribution in [1.29, 1.82) is 0 Å². The number of rotatable bonds is 1. The zero-order valence-electron chi connectivity index (χ0n) is 9.11. The highest BCUT2D eigenvalue weighted by atomic mass is 35.5. The minimum Gasteiger partial charge on any atom is -0.327 e. The lowest BCUT2D eigenvalue weighted by atomic mass is 10.2. The molecule has 0 N–H and O–H groups in total. The summed E-state index contributed by atoms with van der Waals surface area (Å²) in [6.07, 6.45) is 0.308. The lowest BCUT2D eigenvalue weighted by Crippen LogP contribution is -2.50. The average Bonchev–Trinajstić information content (AvgIpc) is 2.29. The molecule has 4 nitrogen and oxygen atoms in total. The molecule has 0 spiro atoms. The van der Waals surface area contributed by atoms with E-state index in [-0.39, 0.29) is 11.9 Å². The third kappa shape index (κ3) is 2.23. The molecule has 1 aromatic carbocycles. The quantitative estimate of drug-likeness (QED) is 0.789. The third-order valence-corrected chi connectivity index (χ3v) is 3.33. The molecule has 90 valence electrons. The number of hydrogen-bond acceptors (Lipinski definition) is 2. The Kier molecular flexibility index (Phi) is 3.26. The molecule has 6 heteroatoms. The summed E-state index contributed by atoms with van der Waals surface area (Å²) in [5, 5.41) is 0.707. The Morgan fingerprint density at radius 3 is 2.53 bits per heavy atom. The number of carbonyl (C=O) groups excluding carboxylic acids is 2. The molecule has 0 atom stereocenters. The van der Waals surface area contributed by atoms with Crippen LogP contribution in [0.3, 0.4) is 0 Å². The highest BCUT2D eigenvalue weighted by molar-refractivity contribution is 6.42. The van der Waals surface area contributed by atoms with Crippen LogP contribution in [0.5, 0.6) is 0 Å². The fraction of sp³-hybridized carbons (Fsp3) is 0.273. The van der Waals surface area contributed by atoms with E-state index in [4.69, 9.17) is 23.2 Å². The number of nitrogens with zero attached hydrogens (tertiary/aromatic N) is 2. The van der Waals surface area contributed by atoms with Gasteiger partial charge in [-0.15, -0.1) is 0 Å². The van der Waals surface area contributed by atoms with E-state index >= 15 is 0 Å². The third-order valence-electron chi connectivity index (χ3n) is 2.59. The average molecular weight is 273 g/mol.